The molecule has 5 aliphatic heterocycles. The summed E-state index contributed by atoms with van der Waals surface area (Å²) >= 11 is 28.1. The highest BCUT2D eigenvalue weighted by atomic mass is 35.5. The Hall–Kier alpha value is -8.23. The van der Waals surface area contributed by atoms with Crippen molar-refractivity contribution in [1.82, 2.24) is 4.84 Å². The Labute approximate surface area is 786 Å². The van der Waals surface area contributed by atoms with Gasteiger partial charge in [-0.1, -0.05) is 102 Å². The van der Waals surface area contributed by atoms with E-state index in [0.717, 1.165) is 35.3 Å². The molecule has 0 bridgehead atoms. The molecule has 5 fully saturated rings. The number of carbonyl (C=O) groups is 9. The van der Waals surface area contributed by atoms with Crippen LogP contribution in [-0.4, -0.2) is 286 Å². The van der Waals surface area contributed by atoms with Crippen LogP contribution in [0.2, 0.25) is 0 Å². The molecule has 3 aromatic carbocycles. The number of aliphatic hydroxyl groups is 8. The normalized spacial score (nSPS) is 27.9. The molecule has 1 unspecified atom stereocenters. The molecule has 0 spiro atoms. The second-order valence-electron chi connectivity index (χ2n) is 27.0. The molecule has 49 heteroatoms. The van der Waals surface area contributed by atoms with Crippen LogP contribution in [0.5, 0.6) is 17.2 Å². The van der Waals surface area contributed by atoms with Gasteiger partial charge in [-0.2, -0.15) is 0 Å². The molecule has 732 valence electrons. The molecule has 5 saturated heterocycles. The molecule has 42 nitrogen and oxygen atoms in total. The third-order valence-electron chi connectivity index (χ3n) is 17.9. The van der Waals surface area contributed by atoms with Crippen LogP contribution in [0.1, 0.15) is 153 Å². The number of carbonyl (C=O) groups excluding carboxylic acids is 9. The predicted molar refractivity (Wildman–Crippen MR) is 480 cm³/mol. The molecule has 3 aromatic rings. The number of rotatable bonds is 22. The van der Waals surface area contributed by atoms with E-state index in [4.69, 9.17) is 117 Å². The lowest BCUT2D eigenvalue weighted by Gasteiger charge is -2.42. The highest BCUT2D eigenvalue weighted by Gasteiger charge is 2.50. The maximum absolute atomic E-state index is 11.6. The lowest BCUT2D eigenvalue weighted by Crippen LogP contribution is -2.61. The third kappa shape index (κ3) is 48.1. The average molecular weight is 1980 g/mol. The monoisotopic (exact) mass is 1970 g/mol. The van der Waals surface area contributed by atoms with Crippen molar-refractivity contribution < 1.29 is 155 Å². The first-order valence-corrected chi connectivity index (χ1v) is 40.6. The van der Waals surface area contributed by atoms with E-state index in [1.165, 1.54) is 61.6 Å². The van der Waals surface area contributed by atoms with E-state index >= 15 is 0 Å². The first-order valence-electron chi connectivity index (χ1n) is 38.3. The molecule has 0 saturated carbocycles. The van der Waals surface area contributed by atoms with E-state index < -0.39 is 178 Å². The van der Waals surface area contributed by atoms with Gasteiger partial charge in [0.1, 0.15) is 103 Å². The Balaban J connectivity index is -0.000000709. The summed E-state index contributed by atoms with van der Waals surface area (Å²) in [5.74, 6) is 2.64. The number of ether oxygens (including phenoxy) is 15. The van der Waals surface area contributed by atoms with Gasteiger partial charge < -0.3 is 123 Å². The third-order valence-corrected chi connectivity index (χ3v) is 18.3. The largest absolute Gasteiger partial charge is 0.497 e. The lowest BCUT2D eigenvalue weighted by atomic mass is 9.88. The molecular weight excluding hydrogens is 1850 g/mol. The number of esters is 8. The Kier molecular flexibility index (Phi) is 68.6. The number of nitrogens with zero attached hydrogens (tertiary/aromatic N) is 7. The molecule has 5 aliphatic rings. The van der Waals surface area contributed by atoms with Gasteiger partial charge in [-0.05, 0) is 138 Å². The fourth-order valence-corrected chi connectivity index (χ4v) is 12.4. The van der Waals surface area contributed by atoms with Crippen molar-refractivity contribution in [2.75, 3.05) is 34.5 Å². The first kappa shape index (κ1) is 127. The standard InChI is InChI=1S/C20H27NO6.C14H19NO6.C13H19NO5S.C12H21NO5.C8H8O2.C6H12ClNO5.C4H6O3.CCl2S.2CH4.ClH2N5.ClH/c1-6-17-12(2)19(25-13(3)22)18(20(27-17)26-14(4)23)21-11-15-7-9-16(24-5)10-8-15;1-20-9-4-2-8(3-5-9)6-15-11-13(18)12(17)10(7-16)21-14(11)19;1-5-10-7(2)12(17-8(3)15)11(14-6-20)13(19-10)18-9(4)16;1-5-9-6(2)11(16-7(3)14)10(13)12(18-9)17-8(4)15;1-10-8-4-2-7(6-9)3-5-8;7-8-3-5(11)4(10)2(1-9)13-6(3)12;1-3(5)7-4(2)6;2-1(3)4;;;1-3-5-6-4-2;/h7-12,17-20H,6H2,1-5H3;2-6,10-14,16-19H,7H2,1H3;7,10-13H,5H2,1-4H3;6,9-12H,5,13H2,1-4H3;2-6H,1H3;2-6,8-12H,1H2;1-2H3;;2*1H4;(H2,2,3,6);1H/t12-,17-,18-,19+,20-;10-,11-,12-,13-,14-;7-,10-,11-,12+,13-;6-,9-,10-,11+,12-;;2-,3-,4-,5-,6?;;;;;;/m1111.1....../s1. The summed E-state index contributed by atoms with van der Waals surface area (Å²) in [6.07, 6.45) is -8.79. The van der Waals surface area contributed by atoms with Gasteiger partial charge in [-0.3, -0.25) is 53.1 Å². The van der Waals surface area contributed by atoms with Crippen LogP contribution in [0.15, 0.2) is 108 Å². The lowest BCUT2D eigenvalue weighted by molar-refractivity contribution is -0.251. The summed E-state index contributed by atoms with van der Waals surface area (Å²) in [4.78, 5) is 112. The van der Waals surface area contributed by atoms with Gasteiger partial charge in [0.25, 0.3) is 0 Å². The topological polar surface area (TPSA) is 605 Å². The number of nitrogens with one attached hydrogen (secondary N) is 1. The quantitative estimate of drug-likeness (QED) is 0.00399. The van der Waals surface area contributed by atoms with E-state index in [2.05, 4.69) is 92.1 Å². The van der Waals surface area contributed by atoms with E-state index in [9.17, 15) is 73.8 Å². The van der Waals surface area contributed by atoms with E-state index in [1.54, 1.807) is 76.1 Å². The van der Waals surface area contributed by atoms with Crippen molar-refractivity contribution in [3.8, 4) is 17.2 Å². The summed E-state index contributed by atoms with van der Waals surface area (Å²) < 4.78 is 80.3. The number of hydrogen-bond acceptors (Lipinski definition) is 41. The second kappa shape index (κ2) is 69.6. The molecule has 0 amide bonds. The number of aldehydes is 1. The van der Waals surface area contributed by atoms with Crippen LogP contribution >= 0.6 is 83.6 Å². The molecule has 5 heterocycles. The van der Waals surface area contributed by atoms with Crippen molar-refractivity contribution in [2.24, 2.45) is 64.6 Å². The number of thiocarbonyl (C=S) groups is 2. The summed E-state index contributed by atoms with van der Waals surface area (Å²) in [5.41, 5.74) is 8.20. The van der Waals surface area contributed by atoms with E-state index in [-0.39, 0.29) is 67.1 Å². The van der Waals surface area contributed by atoms with Crippen LogP contribution in [0.25, 0.3) is 0 Å². The van der Waals surface area contributed by atoms with Gasteiger partial charge in [0, 0.05) is 91.1 Å². The van der Waals surface area contributed by atoms with Gasteiger partial charge in [0.15, 0.2) is 22.4 Å². The van der Waals surface area contributed by atoms with Gasteiger partial charge in [0.2, 0.25) is 18.9 Å². The number of aliphatic hydroxyl groups excluding tert-OH is 8. The van der Waals surface area contributed by atoms with Gasteiger partial charge >= 0.3 is 47.8 Å². The Bertz CT molecular complexity index is 3910. The van der Waals surface area contributed by atoms with Gasteiger partial charge in [-0.25, -0.2) is 9.83 Å². The average Bonchev–Trinajstić information content (AvgIpc) is 0.810. The molecule has 0 radical (unpaired) electrons. The van der Waals surface area contributed by atoms with Crippen LogP contribution in [0, 0.1) is 17.8 Å². The van der Waals surface area contributed by atoms with Crippen LogP contribution in [0.4, 0.5) is 0 Å². The number of hydrogen-bond donors (Lipinski definition) is 11. The SMILES string of the molecule is C.C.CC(=O)OC(C)=O.CC[C@H]1O[C@@H](OC(C)=O)[C@H](N)[C@@H](OC(C)=O)[C@@H]1C.CC[C@H]1O[C@@H](OC(C)=O)[C@H](N=C=S)[C@@H](OC(C)=O)[C@@H]1C.CC[C@H]1O[C@@H](OC(C)=O)[C@H](N=Cc2ccc(OC)cc2)[C@@H](OC(C)=O)[C@@H]1C.COc1ccc(C=N[C@@H]2[C@@H](O)[C@H](O)[C@@H](CO)O[C@H]2O)cc1.COc1ccc(C=O)cc1.Cl.N/N=N/N=NCl.OC[C@H]1OC(O)[C@H](NCl)[C@@H](O)[C@@H]1O.S=C(Cl)Cl. The minimum Gasteiger partial charge on any atom is -0.497 e. The summed E-state index contributed by atoms with van der Waals surface area (Å²) in [6, 6.07) is 17.3. The highest BCUT2D eigenvalue weighted by Crippen LogP contribution is 2.36. The molecular formula is C80H123Cl5N10O32S2. The van der Waals surface area contributed by atoms with Crippen molar-refractivity contribution in [3.05, 3.63) is 89.5 Å². The van der Waals surface area contributed by atoms with Gasteiger partial charge in [-0.15, -0.1) is 12.4 Å². The van der Waals surface area contributed by atoms with Crippen LogP contribution < -0.4 is 30.6 Å². The number of nitrogens with two attached hydrogens (primary N) is 2. The predicted octanol–water partition coefficient (Wildman–Crippen LogP) is 7.38. The van der Waals surface area contributed by atoms with Crippen LogP contribution in [0.3, 0.4) is 0 Å². The zero-order valence-corrected chi connectivity index (χ0v) is 78.0. The zero-order valence-electron chi connectivity index (χ0n) is 72.5. The number of aliphatic imine (C=N–C) groups is 3. The summed E-state index contributed by atoms with van der Waals surface area (Å²) in [7, 11) is 4.76. The summed E-state index contributed by atoms with van der Waals surface area (Å²) in [6.45, 7) is 20.9. The Morgan fingerprint density at radius 1 is 0.488 bits per heavy atom. The fourth-order valence-electron chi connectivity index (χ4n) is 12.0. The number of isothiocyanates is 1. The van der Waals surface area contributed by atoms with Crippen molar-refractivity contribution in [3.63, 3.8) is 0 Å². The smallest absolute Gasteiger partial charge is 0.310 e. The Morgan fingerprint density at radius 3 is 1.12 bits per heavy atom. The first-order chi connectivity index (χ1) is 59.4. The van der Waals surface area contributed by atoms with Crippen LogP contribution in [-0.2, 0) is 95.2 Å². The minimum absolute atomic E-state index is 0. The molecule has 13 N–H and O–H groups in total. The highest BCUT2D eigenvalue weighted by molar-refractivity contribution is 7.86. The molecule has 0 aliphatic carbocycles. The van der Waals surface area contributed by atoms with Crippen molar-refractivity contribution in [2.45, 2.75) is 266 Å². The minimum atomic E-state index is -1.39. The maximum atomic E-state index is 11.6. The second-order valence-corrected chi connectivity index (χ2v) is 29.4. The Morgan fingerprint density at radius 2 is 0.814 bits per heavy atom. The maximum Gasteiger partial charge on any atom is 0.310 e. The molecule has 25 atom stereocenters. The fraction of sp³-hybridized carbons (Fsp3) is 0.613. The molecule has 8 rings (SSSR count). The summed E-state index contributed by atoms with van der Waals surface area (Å²) in [5, 5.41) is 85.6. The molecule has 0 aromatic heterocycles. The number of methoxy groups -OCH3 is 3. The van der Waals surface area contributed by atoms with E-state index in [0.29, 0.717) is 24.2 Å². The number of halogens is 5. The van der Waals surface area contributed by atoms with Gasteiger partial charge in [0.05, 0.1) is 69.8 Å². The zero-order chi connectivity index (χ0) is 96.2. The van der Waals surface area contributed by atoms with E-state index in [1.807, 2.05) is 65.8 Å². The van der Waals surface area contributed by atoms with Crippen molar-refractivity contribution >= 4 is 159 Å². The number of benzene rings is 3. The molecule has 129 heavy (non-hydrogen) atoms. The van der Waals surface area contributed by atoms with Crippen molar-refractivity contribution in [1.29, 1.82) is 0 Å².